The molecule has 2 aromatic carbocycles. The SMILES string of the molecule is CC(C)COc1nc(-c2ccc(F)cc2)n(-c2ccc(N)cc2)n1. The maximum absolute atomic E-state index is 13.2. The molecule has 3 aromatic rings. The highest BCUT2D eigenvalue weighted by atomic mass is 19.1. The van der Waals surface area contributed by atoms with Gasteiger partial charge >= 0.3 is 6.01 Å². The zero-order chi connectivity index (χ0) is 17.1. The molecule has 0 aliphatic heterocycles. The Morgan fingerprint density at radius 1 is 1.08 bits per heavy atom. The third-order valence-electron chi connectivity index (χ3n) is 3.37. The number of hydrogen-bond donors (Lipinski definition) is 1. The Labute approximate surface area is 139 Å². The minimum atomic E-state index is -0.298. The molecule has 124 valence electrons. The van der Waals surface area contributed by atoms with E-state index in [-0.39, 0.29) is 5.82 Å². The van der Waals surface area contributed by atoms with Crippen LogP contribution in [0.5, 0.6) is 6.01 Å². The molecule has 0 spiro atoms. The molecule has 24 heavy (non-hydrogen) atoms. The highest BCUT2D eigenvalue weighted by Gasteiger charge is 2.15. The van der Waals surface area contributed by atoms with E-state index >= 15 is 0 Å². The highest BCUT2D eigenvalue weighted by molar-refractivity contribution is 5.59. The van der Waals surface area contributed by atoms with E-state index < -0.39 is 0 Å². The van der Waals surface area contributed by atoms with E-state index in [9.17, 15) is 4.39 Å². The van der Waals surface area contributed by atoms with Crippen LogP contribution in [-0.2, 0) is 0 Å². The second kappa shape index (κ2) is 6.70. The summed E-state index contributed by atoms with van der Waals surface area (Å²) >= 11 is 0. The molecule has 3 rings (SSSR count). The van der Waals surface area contributed by atoms with Crippen molar-refractivity contribution in [2.75, 3.05) is 12.3 Å². The largest absolute Gasteiger partial charge is 0.462 e. The molecule has 1 heterocycles. The molecule has 5 nitrogen and oxygen atoms in total. The van der Waals surface area contributed by atoms with Gasteiger partial charge in [-0.3, -0.25) is 0 Å². The number of ether oxygens (including phenoxy) is 1. The van der Waals surface area contributed by atoms with Crippen LogP contribution in [0.3, 0.4) is 0 Å². The fourth-order valence-corrected chi connectivity index (χ4v) is 2.18. The Balaban J connectivity index is 2.04. The van der Waals surface area contributed by atoms with Crippen LogP contribution >= 0.6 is 0 Å². The fourth-order valence-electron chi connectivity index (χ4n) is 2.18. The van der Waals surface area contributed by atoms with E-state index in [0.717, 1.165) is 11.3 Å². The summed E-state index contributed by atoms with van der Waals surface area (Å²) in [5.74, 6) is 0.648. The van der Waals surface area contributed by atoms with E-state index in [2.05, 4.69) is 23.9 Å². The molecule has 0 atom stereocenters. The summed E-state index contributed by atoms with van der Waals surface area (Å²) in [6.45, 7) is 4.63. The van der Waals surface area contributed by atoms with Crippen molar-refractivity contribution in [3.63, 3.8) is 0 Å². The monoisotopic (exact) mass is 326 g/mol. The van der Waals surface area contributed by atoms with Gasteiger partial charge in [0.25, 0.3) is 0 Å². The first-order valence-corrected chi connectivity index (χ1v) is 7.74. The smallest absolute Gasteiger partial charge is 0.336 e. The molecule has 0 bridgehead atoms. The zero-order valence-electron chi connectivity index (χ0n) is 13.6. The molecule has 0 unspecified atom stereocenters. The Hall–Kier alpha value is -2.89. The number of nitrogens with two attached hydrogens (primary N) is 1. The second-order valence-electron chi connectivity index (χ2n) is 5.93. The van der Waals surface area contributed by atoms with Crippen LogP contribution in [0.2, 0.25) is 0 Å². The minimum absolute atomic E-state index is 0.292. The molecule has 0 saturated carbocycles. The quantitative estimate of drug-likeness (QED) is 0.726. The minimum Gasteiger partial charge on any atom is -0.462 e. The molecule has 0 amide bonds. The lowest BCUT2D eigenvalue weighted by Gasteiger charge is -2.06. The Kier molecular flexibility index (Phi) is 4.46. The van der Waals surface area contributed by atoms with Crippen LogP contribution in [-0.4, -0.2) is 21.4 Å². The average molecular weight is 326 g/mol. The van der Waals surface area contributed by atoms with Crippen LogP contribution in [0, 0.1) is 11.7 Å². The van der Waals surface area contributed by atoms with E-state index in [1.54, 1.807) is 28.9 Å². The number of hydrogen-bond acceptors (Lipinski definition) is 4. The molecular weight excluding hydrogens is 307 g/mol. The van der Waals surface area contributed by atoms with Crippen LogP contribution in [0.25, 0.3) is 17.1 Å². The van der Waals surface area contributed by atoms with Gasteiger partial charge in [-0.25, -0.2) is 9.07 Å². The highest BCUT2D eigenvalue weighted by Crippen LogP contribution is 2.24. The van der Waals surface area contributed by atoms with Crippen molar-refractivity contribution in [1.82, 2.24) is 14.8 Å². The van der Waals surface area contributed by atoms with Crippen molar-refractivity contribution in [3.05, 3.63) is 54.3 Å². The van der Waals surface area contributed by atoms with Crippen LogP contribution in [0.4, 0.5) is 10.1 Å². The molecule has 0 radical (unpaired) electrons. The van der Waals surface area contributed by atoms with E-state index in [1.807, 2.05) is 12.1 Å². The summed E-state index contributed by atoms with van der Waals surface area (Å²) in [4.78, 5) is 4.46. The van der Waals surface area contributed by atoms with Gasteiger partial charge in [-0.1, -0.05) is 13.8 Å². The van der Waals surface area contributed by atoms with Crippen molar-refractivity contribution < 1.29 is 9.13 Å². The first kappa shape index (κ1) is 16.0. The number of halogens is 1. The van der Waals surface area contributed by atoms with Gasteiger partial charge in [0.2, 0.25) is 0 Å². The molecule has 6 heteroatoms. The van der Waals surface area contributed by atoms with Crippen molar-refractivity contribution in [2.24, 2.45) is 5.92 Å². The molecule has 0 aliphatic rings. The maximum Gasteiger partial charge on any atom is 0.336 e. The number of benzene rings is 2. The summed E-state index contributed by atoms with van der Waals surface area (Å²) < 4.78 is 20.5. The van der Waals surface area contributed by atoms with Gasteiger partial charge in [0.05, 0.1) is 12.3 Å². The van der Waals surface area contributed by atoms with Crippen molar-refractivity contribution in [2.45, 2.75) is 13.8 Å². The first-order valence-electron chi connectivity index (χ1n) is 7.74. The lowest BCUT2D eigenvalue weighted by molar-refractivity contribution is 0.251. The predicted octanol–water partition coefficient (Wildman–Crippen LogP) is 3.69. The second-order valence-corrected chi connectivity index (χ2v) is 5.93. The van der Waals surface area contributed by atoms with Crippen LogP contribution in [0.15, 0.2) is 48.5 Å². The lowest BCUT2D eigenvalue weighted by atomic mass is 10.2. The standard InChI is InChI=1S/C18H19FN4O/c1-12(2)11-24-18-21-17(13-3-5-14(19)6-4-13)23(22-18)16-9-7-15(20)8-10-16/h3-10,12H,11,20H2,1-2H3. The third kappa shape index (κ3) is 3.53. The molecule has 2 N–H and O–H groups in total. The number of nitrogen functional groups attached to an aromatic ring is 1. The Bertz CT molecular complexity index is 747. The third-order valence-corrected chi connectivity index (χ3v) is 3.37. The average Bonchev–Trinajstić information content (AvgIpc) is 2.98. The molecule has 0 fully saturated rings. The molecule has 0 saturated heterocycles. The van der Waals surface area contributed by atoms with Crippen molar-refractivity contribution >= 4 is 5.69 Å². The van der Waals surface area contributed by atoms with Gasteiger partial charge in [-0.2, -0.15) is 4.98 Å². The first-order chi connectivity index (χ1) is 11.5. The fraction of sp³-hybridized carbons (Fsp3) is 0.222. The normalized spacial score (nSPS) is 11.0. The summed E-state index contributed by atoms with van der Waals surface area (Å²) in [5.41, 5.74) is 7.96. The van der Waals surface area contributed by atoms with Gasteiger partial charge in [0, 0.05) is 11.3 Å². The molecular formula is C18H19FN4O. The van der Waals surface area contributed by atoms with Crippen LogP contribution in [0.1, 0.15) is 13.8 Å². The summed E-state index contributed by atoms with van der Waals surface area (Å²) in [5, 5.41) is 4.43. The van der Waals surface area contributed by atoms with Gasteiger partial charge in [-0.05, 0) is 54.4 Å². The molecule has 1 aromatic heterocycles. The molecule has 0 aliphatic carbocycles. The van der Waals surface area contributed by atoms with Gasteiger partial charge in [0.1, 0.15) is 5.82 Å². The number of nitrogens with zero attached hydrogens (tertiary/aromatic N) is 3. The van der Waals surface area contributed by atoms with Gasteiger partial charge < -0.3 is 10.5 Å². The van der Waals surface area contributed by atoms with E-state index in [4.69, 9.17) is 10.5 Å². The summed E-state index contributed by atoms with van der Waals surface area (Å²) in [7, 11) is 0. The number of aromatic nitrogens is 3. The van der Waals surface area contributed by atoms with E-state index in [0.29, 0.717) is 30.0 Å². The predicted molar refractivity (Wildman–Crippen MR) is 91.5 cm³/mol. The Morgan fingerprint density at radius 3 is 2.38 bits per heavy atom. The van der Waals surface area contributed by atoms with Crippen molar-refractivity contribution in [1.29, 1.82) is 0 Å². The number of rotatable bonds is 5. The lowest BCUT2D eigenvalue weighted by Crippen LogP contribution is -2.06. The topological polar surface area (TPSA) is 66.0 Å². The van der Waals surface area contributed by atoms with Gasteiger partial charge in [0.15, 0.2) is 5.82 Å². The Morgan fingerprint density at radius 2 is 1.75 bits per heavy atom. The zero-order valence-corrected chi connectivity index (χ0v) is 13.6. The van der Waals surface area contributed by atoms with E-state index in [1.165, 1.54) is 12.1 Å². The summed E-state index contributed by atoms with van der Waals surface area (Å²) in [6, 6.07) is 13.7. The maximum atomic E-state index is 13.2. The summed E-state index contributed by atoms with van der Waals surface area (Å²) in [6.07, 6.45) is 0. The number of anilines is 1. The van der Waals surface area contributed by atoms with Crippen molar-refractivity contribution in [3.8, 4) is 23.1 Å². The van der Waals surface area contributed by atoms with Crippen LogP contribution < -0.4 is 10.5 Å². The van der Waals surface area contributed by atoms with Gasteiger partial charge in [-0.15, -0.1) is 5.10 Å².